The molecule has 1 atom stereocenters. The number of nitrogens with two attached hydrogens (primary N) is 1. The van der Waals surface area contributed by atoms with E-state index in [1.807, 2.05) is 6.07 Å². The molecule has 3 N–H and O–H groups in total. The monoisotopic (exact) mass is 266 g/mol. The molecule has 100 valence electrons. The predicted molar refractivity (Wildman–Crippen MR) is 76.7 cm³/mol. The summed E-state index contributed by atoms with van der Waals surface area (Å²) in [5.41, 5.74) is 4.37. The van der Waals surface area contributed by atoms with Crippen LogP contribution in [-0.2, 0) is 0 Å². The van der Waals surface area contributed by atoms with Crippen molar-refractivity contribution in [2.45, 2.75) is 44.6 Å². The molecule has 0 amide bonds. The maximum absolute atomic E-state index is 5.77. The largest absolute Gasteiger partial charge is 0.496 e. The van der Waals surface area contributed by atoms with Crippen LogP contribution in [0.4, 0.5) is 0 Å². The van der Waals surface area contributed by atoms with E-state index in [0.717, 1.165) is 12.2 Å². The van der Waals surface area contributed by atoms with E-state index in [1.165, 1.54) is 42.6 Å². The normalized spacial score (nSPS) is 21.6. The maximum atomic E-state index is 5.77. The van der Waals surface area contributed by atoms with E-state index in [0.29, 0.717) is 0 Å². The van der Waals surface area contributed by atoms with Gasteiger partial charge in [-0.05, 0) is 37.1 Å². The van der Waals surface area contributed by atoms with Crippen LogP contribution in [0.1, 0.15) is 49.4 Å². The molecule has 0 radical (unpaired) electrons. The highest BCUT2D eigenvalue weighted by molar-refractivity contribution is 7.10. The summed E-state index contributed by atoms with van der Waals surface area (Å²) >= 11 is 1.70. The highest BCUT2D eigenvalue weighted by Crippen LogP contribution is 2.36. The van der Waals surface area contributed by atoms with E-state index < -0.39 is 0 Å². The molecule has 4 heteroatoms. The molecular weight excluding hydrogens is 244 g/mol. The average Bonchev–Trinajstić information content (AvgIpc) is 2.80. The third-order valence-electron chi connectivity index (χ3n) is 3.50. The van der Waals surface area contributed by atoms with Crippen LogP contribution in [0.25, 0.3) is 0 Å². The first kappa shape index (κ1) is 13.6. The number of hydrogen-bond acceptors (Lipinski definition) is 4. The highest BCUT2D eigenvalue weighted by atomic mass is 32.1. The zero-order valence-electron chi connectivity index (χ0n) is 10.9. The molecular formula is C14H22N2OS. The molecule has 1 aromatic heterocycles. The van der Waals surface area contributed by atoms with Crippen molar-refractivity contribution < 1.29 is 4.74 Å². The molecule has 0 saturated heterocycles. The highest BCUT2D eigenvalue weighted by Gasteiger charge is 2.20. The summed E-state index contributed by atoms with van der Waals surface area (Å²) in [6.07, 6.45) is 9.91. The van der Waals surface area contributed by atoms with Crippen molar-refractivity contribution in [3.05, 3.63) is 28.0 Å². The van der Waals surface area contributed by atoms with Crippen LogP contribution in [0.15, 0.2) is 23.1 Å². The summed E-state index contributed by atoms with van der Waals surface area (Å²) < 4.78 is 5.40. The summed E-state index contributed by atoms with van der Waals surface area (Å²) in [5.74, 6) is 6.70. The van der Waals surface area contributed by atoms with Crippen molar-refractivity contribution in [2.75, 3.05) is 7.11 Å². The van der Waals surface area contributed by atoms with Crippen LogP contribution in [0, 0.1) is 0 Å². The van der Waals surface area contributed by atoms with Gasteiger partial charge in [-0.25, -0.2) is 5.43 Å². The second kappa shape index (κ2) is 6.92. The van der Waals surface area contributed by atoms with Crippen molar-refractivity contribution in [1.29, 1.82) is 0 Å². The summed E-state index contributed by atoms with van der Waals surface area (Å²) in [7, 11) is 1.71. The maximum Gasteiger partial charge on any atom is 0.134 e. The Bertz CT molecular complexity index is 400. The number of thiophene rings is 1. The van der Waals surface area contributed by atoms with Gasteiger partial charge in [0, 0.05) is 0 Å². The van der Waals surface area contributed by atoms with Gasteiger partial charge in [0.05, 0.1) is 18.0 Å². The van der Waals surface area contributed by atoms with E-state index in [1.54, 1.807) is 18.4 Å². The van der Waals surface area contributed by atoms with Gasteiger partial charge in [-0.1, -0.05) is 24.5 Å². The molecule has 1 aliphatic carbocycles. The Balaban J connectivity index is 2.21. The molecule has 18 heavy (non-hydrogen) atoms. The molecule has 0 aromatic carbocycles. The van der Waals surface area contributed by atoms with Crippen LogP contribution in [0.2, 0.25) is 0 Å². The first-order chi connectivity index (χ1) is 8.86. The molecule has 0 spiro atoms. The van der Waals surface area contributed by atoms with Gasteiger partial charge < -0.3 is 4.74 Å². The second-order valence-electron chi connectivity index (χ2n) is 4.68. The summed E-state index contributed by atoms with van der Waals surface area (Å²) in [5, 5.41) is 2.06. The lowest BCUT2D eigenvalue weighted by molar-refractivity contribution is 0.406. The smallest absolute Gasteiger partial charge is 0.134 e. The predicted octanol–water partition coefficient (Wildman–Crippen LogP) is 3.54. The van der Waals surface area contributed by atoms with Crippen LogP contribution in [0.5, 0.6) is 5.75 Å². The fourth-order valence-corrected chi connectivity index (χ4v) is 3.48. The van der Waals surface area contributed by atoms with Crippen LogP contribution >= 0.6 is 11.3 Å². The summed E-state index contributed by atoms with van der Waals surface area (Å²) in [6, 6.07) is 2.12. The van der Waals surface area contributed by atoms with E-state index in [2.05, 4.69) is 16.9 Å². The van der Waals surface area contributed by atoms with E-state index in [9.17, 15) is 0 Å². The summed E-state index contributed by atoms with van der Waals surface area (Å²) in [6.45, 7) is 0. The Hall–Kier alpha value is -0.840. The van der Waals surface area contributed by atoms with E-state index in [4.69, 9.17) is 10.6 Å². The lowest BCUT2D eigenvalue weighted by Crippen LogP contribution is -2.29. The van der Waals surface area contributed by atoms with Gasteiger partial charge in [-0.3, -0.25) is 5.84 Å². The first-order valence-electron chi connectivity index (χ1n) is 6.63. The average molecular weight is 266 g/mol. The molecule has 3 nitrogen and oxygen atoms in total. The third kappa shape index (κ3) is 3.13. The zero-order valence-corrected chi connectivity index (χ0v) is 11.8. The standard InChI is InChI=1S/C14H22N2OS/c1-17-12-9-10-18-14(12)13(16-15)11-7-5-3-2-4-6-8-11/h7,9-10,13,16H,2-6,8,15H2,1H3/b11-7+. The van der Waals surface area contributed by atoms with Gasteiger partial charge >= 0.3 is 0 Å². The minimum absolute atomic E-state index is 0.109. The number of allylic oxidation sites excluding steroid dienone is 1. The molecule has 1 aromatic rings. The van der Waals surface area contributed by atoms with E-state index in [-0.39, 0.29) is 6.04 Å². The van der Waals surface area contributed by atoms with Gasteiger partial charge in [0.15, 0.2) is 0 Å². The number of hydrogen-bond donors (Lipinski definition) is 2. The van der Waals surface area contributed by atoms with Gasteiger partial charge in [0.2, 0.25) is 0 Å². The van der Waals surface area contributed by atoms with Crippen LogP contribution in [0.3, 0.4) is 0 Å². The molecule has 0 fully saturated rings. The molecule has 1 unspecified atom stereocenters. The van der Waals surface area contributed by atoms with Gasteiger partial charge in [-0.15, -0.1) is 11.3 Å². The second-order valence-corrected chi connectivity index (χ2v) is 5.63. The molecule has 0 bridgehead atoms. The van der Waals surface area contributed by atoms with Crippen LogP contribution < -0.4 is 16.0 Å². The topological polar surface area (TPSA) is 47.3 Å². The minimum Gasteiger partial charge on any atom is -0.496 e. The third-order valence-corrected chi connectivity index (χ3v) is 4.47. The van der Waals surface area contributed by atoms with Gasteiger partial charge in [0.1, 0.15) is 5.75 Å². The Labute approximate surface area is 113 Å². The molecule has 0 aliphatic heterocycles. The molecule has 1 aliphatic rings. The number of rotatable bonds is 4. The lowest BCUT2D eigenvalue weighted by atomic mass is 9.94. The SMILES string of the molecule is COc1ccsc1C(NN)/C1=C/CCCCCC1. The zero-order chi connectivity index (χ0) is 12.8. The van der Waals surface area contributed by atoms with Crippen molar-refractivity contribution in [3.8, 4) is 5.75 Å². The number of ether oxygens (including phenoxy) is 1. The van der Waals surface area contributed by atoms with Crippen molar-refractivity contribution in [2.24, 2.45) is 5.84 Å². The Morgan fingerprint density at radius 3 is 2.94 bits per heavy atom. The number of methoxy groups -OCH3 is 1. The summed E-state index contributed by atoms with van der Waals surface area (Å²) in [4.78, 5) is 1.19. The van der Waals surface area contributed by atoms with Crippen molar-refractivity contribution in [1.82, 2.24) is 5.43 Å². The minimum atomic E-state index is 0.109. The number of hydrazine groups is 1. The van der Waals surface area contributed by atoms with Crippen molar-refractivity contribution >= 4 is 11.3 Å². The molecule has 2 rings (SSSR count). The Morgan fingerprint density at radius 2 is 2.17 bits per heavy atom. The first-order valence-corrected chi connectivity index (χ1v) is 7.51. The van der Waals surface area contributed by atoms with Gasteiger partial charge in [0.25, 0.3) is 0 Å². The fraction of sp³-hybridized carbons (Fsp3) is 0.571. The van der Waals surface area contributed by atoms with Crippen LogP contribution in [-0.4, -0.2) is 7.11 Å². The lowest BCUT2D eigenvalue weighted by Gasteiger charge is -2.21. The Morgan fingerprint density at radius 1 is 1.33 bits per heavy atom. The Kier molecular flexibility index (Phi) is 5.23. The van der Waals surface area contributed by atoms with Gasteiger partial charge in [-0.2, -0.15) is 0 Å². The van der Waals surface area contributed by atoms with E-state index >= 15 is 0 Å². The molecule has 0 saturated carbocycles. The van der Waals surface area contributed by atoms with Crippen molar-refractivity contribution in [3.63, 3.8) is 0 Å². The molecule has 1 heterocycles. The fourth-order valence-electron chi connectivity index (χ4n) is 2.52. The quantitative estimate of drug-likeness (QED) is 0.498. The number of nitrogens with one attached hydrogen (secondary N) is 1.